The van der Waals surface area contributed by atoms with E-state index in [2.05, 4.69) is 19.2 Å². The second-order valence-corrected chi connectivity index (χ2v) is 4.77. The molecule has 1 unspecified atom stereocenters. The number of carbonyl (C=O) groups is 1. The molecule has 0 bridgehead atoms. The molecule has 0 aliphatic rings. The van der Waals surface area contributed by atoms with E-state index in [0.29, 0.717) is 12.3 Å². The first kappa shape index (κ1) is 12.4. The normalized spacial score (nSPS) is 14.4. The molecule has 0 spiro atoms. The summed E-state index contributed by atoms with van der Waals surface area (Å²) in [7, 11) is 0. The maximum absolute atomic E-state index is 11.4. The Hall–Kier alpha value is -0.570. The van der Waals surface area contributed by atoms with Crippen LogP contribution in [-0.2, 0) is 4.79 Å². The van der Waals surface area contributed by atoms with Gasteiger partial charge in [0.05, 0.1) is 0 Å². The third-order valence-electron chi connectivity index (χ3n) is 2.00. The largest absolute Gasteiger partial charge is 0.353 e. The first-order valence-electron chi connectivity index (χ1n) is 4.80. The summed E-state index contributed by atoms with van der Waals surface area (Å²) in [6.45, 7) is 9.88. The first-order chi connectivity index (χ1) is 5.72. The quantitative estimate of drug-likeness (QED) is 0.694. The number of amides is 1. The van der Waals surface area contributed by atoms with Gasteiger partial charge in [-0.2, -0.15) is 0 Å². The van der Waals surface area contributed by atoms with Crippen molar-refractivity contribution in [2.75, 3.05) is 0 Å². The van der Waals surface area contributed by atoms with Gasteiger partial charge in [-0.25, -0.2) is 0 Å². The van der Waals surface area contributed by atoms with Crippen molar-refractivity contribution in [3.63, 3.8) is 0 Å². The summed E-state index contributed by atoms with van der Waals surface area (Å²) < 4.78 is 0. The minimum absolute atomic E-state index is 0.0358. The Morgan fingerprint density at radius 3 is 2.15 bits per heavy atom. The smallest absolute Gasteiger partial charge is 0.222 e. The third kappa shape index (κ3) is 6.58. The van der Waals surface area contributed by atoms with Crippen molar-refractivity contribution in [1.29, 1.82) is 0 Å². The van der Waals surface area contributed by atoms with Gasteiger partial charge < -0.3 is 11.1 Å². The van der Waals surface area contributed by atoms with Gasteiger partial charge in [-0.1, -0.05) is 13.8 Å². The van der Waals surface area contributed by atoms with Crippen molar-refractivity contribution in [3.05, 3.63) is 0 Å². The van der Waals surface area contributed by atoms with E-state index in [-0.39, 0.29) is 11.9 Å². The predicted molar refractivity (Wildman–Crippen MR) is 55.3 cm³/mol. The van der Waals surface area contributed by atoms with Crippen molar-refractivity contribution < 1.29 is 4.79 Å². The zero-order chi connectivity index (χ0) is 10.6. The first-order valence-corrected chi connectivity index (χ1v) is 4.80. The lowest BCUT2D eigenvalue weighted by Gasteiger charge is -2.22. The van der Waals surface area contributed by atoms with Crippen LogP contribution in [0.3, 0.4) is 0 Å². The summed E-state index contributed by atoms with van der Waals surface area (Å²) in [6.07, 6.45) is 0.379. The molecule has 0 aromatic carbocycles. The fourth-order valence-corrected chi connectivity index (χ4v) is 0.885. The molecule has 3 nitrogen and oxygen atoms in total. The van der Waals surface area contributed by atoms with Crippen LogP contribution in [0.2, 0.25) is 0 Å². The Morgan fingerprint density at radius 1 is 1.38 bits per heavy atom. The molecular formula is C10H22N2O. The van der Waals surface area contributed by atoms with Crippen LogP contribution in [0.25, 0.3) is 0 Å². The van der Waals surface area contributed by atoms with Gasteiger partial charge in [-0.15, -0.1) is 0 Å². The fraction of sp³-hybridized carbons (Fsp3) is 0.900. The van der Waals surface area contributed by atoms with Crippen molar-refractivity contribution >= 4 is 5.91 Å². The van der Waals surface area contributed by atoms with E-state index in [1.807, 2.05) is 20.8 Å². The average Bonchev–Trinajstić information content (AvgIpc) is 1.81. The summed E-state index contributed by atoms with van der Waals surface area (Å²) in [6, 6.07) is 0.217. The van der Waals surface area contributed by atoms with Gasteiger partial charge in [0.1, 0.15) is 0 Å². The van der Waals surface area contributed by atoms with E-state index in [1.165, 1.54) is 0 Å². The van der Waals surface area contributed by atoms with Crippen LogP contribution < -0.4 is 11.1 Å². The Morgan fingerprint density at radius 2 is 1.85 bits per heavy atom. The van der Waals surface area contributed by atoms with E-state index in [9.17, 15) is 4.79 Å². The number of hydrogen-bond donors (Lipinski definition) is 2. The maximum atomic E-state index is 11.4. The van der Waals surface area contributed by atoms with Crippen molar-refractivity contribution in [2.45, 2.75) is 52.6 Å². The lowest BCUT2D eigenvalue weighted by molar-refractivity contribution is -0.122. The molecule has 1 atom stereocenters. The molecule has 13 heavy (non-hydrogen) atoms. The molecule has 0 radical (unpaired) electrons. The molecule has 0 aromatic rings. The highest BCUT2D eigenvalue weighted by molar-refractivity contribution is 5.77. The molecule has 0 saturated carbocycles. The number of nitrogens with one attached hydrogen (secondary N) is 1. The maximum Gasteiger partial charge on any atom is 0.222 e. The standard InChI is InChI=1S/C10H22N2O/c1-7(2)8(3)12-9(13)6-10(4,5)11/h7-8H,6,11H2,1-5H3,(H,12,13). The zero-order valence-corrected chi connectivity index (χ0v) is 9.35. The van der Waals surface area contributed by atoms with Crippen LogP contribution in [-0.4, -0.2) is 17.5 Å². The summed E-state index contributed by atoms with van der Waals surface area (Å²) in [5.74, 6) is 0.499. The zero-order valence-electron chi connectivity index (χ0n) is 9.35. The molecule has 0 aliphatic carbocycles. The molecule has 1 amide bonds. The topological polar surface area (TPSA) is 55.1 Å². The number of nitrogens with two attached hydrogens (primary N) is 1. The second-order valence-electron chi connectivity index (χ2n) is 4.77. The van der Waals surface area contributed by atoms with Gasteiger partial charge in [-0.05, 0) is 26.7 Å². The predicted octanol–water partition coefficient (Wildman–Crippen LogP) is 1.27. The van der Waals surface area contributed by atoms with Gasteiger partial charge in [0.25, 0.3) is 0 Å². The average molecular weight is 186 g/mol. The van der Waals surface area contributed by atoms with Crippen LogP contribution in [0, 0.1) is 5.92 Å². The molecule has 0 saturated heterocycles. The minimum atomic E-state index is -0.416. The summed E-state index contributed by atoms with van der Waals surface area (Å²) in [5.41, 5.74) is 5.31. The summed E-state index contributed by atoms with van der Waals surface area (Å²) in [5, 5.41) is 2.92. The van der Waals surface area contributed by atoms with E-state index in [1.54, 1.807) is 0 Å². The molecule has 0 aromatic heterocycles. The summed E-state index contributed by atoms with van der Waals surface area (Å²) >= 11 is 0. The van der Waals surface area contributed by atoms with E-state index < -0.39 is 5.54 Å². The Kier molecular flexibility index (Phi) is 4.40. The van der Waals surface area contributed by atoms with E-state index >= 15 is 0 Å². The van der Waals surface area contributed by atoms with Gasteiger partial charge in [0.15, 0.2) is 0 Å². The molecule has 78 valence electrons. The van der Waals surface area contributed by atoms with Crippen LogP contribution in [0.1, 0.15) is 41.0 Å². The molecule has 0 aliphatic heterocycles. The highest BCUT2D eigenvalue weighted by Crippen LogP contribution is 2.05. The summed E-state index contributed by atoms with van der Waals surface area (Å²) in [4.78, 5) is 11.4. The van der Waals surface area contributed by atoms with E-state index in [4.69, 9.17) is 5.73 Å². The van der Waals surface area contributed by atoms with Crippen molar-refractivity contribution in [2.24, 2.45) is 11.7 Å². The lowest BCUT2D eigenvalue weighted by Crippen LogP contribution is -2.43. The fourth-order valence-electron chi connectivity index (χ4n) is 0.885. The monoisotopic (exact) mass is 186 g/mol. The molecule has 3 heteroatoms. The number of carbonyl (C=O) groups excluding carboxylic acids is 1. The SMILES string of the molecule is CC(C)C(C)NC(=O)CC(C)(C)N. The highest BCUT2D eigenvalue weighted by atomic mass is 16.1. The lowest BCUT2D eigenvalue weighted by atomic mass is 10.0. The number of hydrogen-bond acceptors (Lipinski definition) is 2. The third-order valence-corrected chi connectivity index (χ3v) is 2.00. The molecular weight excluding hydrogens is 164 g/mol. The van der Waals surface area contributed by atoms with Crippen LogP contribution in [0.15, 0.2) is 0 Å². The van der Waals surface area contributed by atoms with Crippen molar-refractivity contribution in [3.8, 4) is 0 Å². The van der Waals surface area contributed by atoms with Gasteiger partial charge in [0.2, 0.25) is 5.91 Å². The highest BCUT2D eigenvalue weighted by Gasteiger charge is 2.18. The molecule has 3 N–H and O–H groups in total. The minimum Gasteiger partial charge on any atom is -0.353 e. The van der Waals surface area contributed by atoms with Crippen LogP contribution in [0.5, 0.6) is 0 Å². The van der Waals surface area contributed by atoms with Gasteiger partial charge >= 0.3 is 0 Å². The van der Waals surface area contributed by atoms with E-state index in [0.717, 1.165) is 0 Å². The Labute approximate surface area is 81.1 Å². The van der Waals surface area contributed by atoms with Crippen molar-refractivity contribution in [1.82, 2.24) is 5.32 Å². The molecule has 0 heterocycles. The van der Waals surface area contributed by atoms with Crippen LogP contribution in [0.4, 0.5) is 0 Å². The molecule has 0 rings (SSSR count). The Balaban J connectivity index is 3.89. The molecule has 0 fully saturated rings. The van der Waals surface area contributed by atoms with Gasteiger partial charge in [-0.3, -0.25) is 4.79 Å². The Bertz CT molecular complexity index is 170. The second kappa shape index (κ2) is 4.61. The number of rotatable bonds is 4. The van der Waals surface area contributed by atoms with Crippen LogP contribution >= 0.6 is 0 Å². The van der Waals surface area contributed by atoms with Gasteiger partial charge in [0, 0.05) is 18.0 Å².